The van der Waals surface area contributed by atoms with Gasteiger partial charge in [0.1, 0.15) is 0 Å². The molecule has 0 aromatic heterocycles. The molecule has 1 unspecified atom stereocenters. The fraction of sp³-hybridized carbons (Fsp3) is 0.875. The molecule has 1 N–H and O–H groups in total. The number of carbonyl (C=O) groups excluding carboxylic acids is 1. The summed E-state index contributed by atoms with van der Waals surface area (Å²) in [6.45, 7) is 4.39. The Balaban J connectivity index is 2.35. The minimum absolute atomic E-state index is 0.0450. The lowest BCUT2D eigenvalue weighted by molar-refractivity contribution is 0.0192. The molecule has 1 aliphatic rings. The second-order valence-corrected chi connectivity index (χ2v) is 3.42. The zero-order chi connectivity index (χ0) is 9.68. The number of alkyl halides is 1. The lowest BCUT2D eigenvalue weighted by Crippen LogP contribution is -2.51. The van der Waals surface area contributed by atoms with Gasteiger partial charge in [-0.3, -0.25) is 0 Å². The number of hydrogen-bond donors (Lipinski definition) is 1. The number of morpholine rings is 1. The van der Waals surface area contributed by atoms with Crippen molar-refractivity contribution in [2.24, 2.45) is 0 Å². The first-order valence-electron chi connectivity index (χ1n) is 4.44. The van der Waals surface area contributed by atoms with Gasteiger partial charge in [0.2, 0.25) is 0 Å². The van der Waals surface area contributed by atoms with Crippen molar-refractivity contribution in [1.29, 1.82) is 0 Å². The standard InChI is InChI=1S/C8H15ClN2O2/c1-7-6-13-5-4-11(7)8(12)10-3-2-9/h7H,2-6H2,1H3,(H,10,12). The van der Waals surface area contributed by atoms with Gasteiger partial charge in [-0.25, -0.2) is 4.79 Å². The van der Waals surface area contributed by atoms with E-state index in [9.17, 15) is 4.79 Å². The van der Waals surface area contributed by atoms with Crippen LogP contribution in [0, 0.1) is 0 Å². The van der Waals surface area contributed by atoms with Crippen LogP contribution in [0.2, 0.25) is 0 Å². The average molecular weight is 207 g/mol. The number of rotatable bonds is 2. The van der Waals surface area contributed by atoms with Crippen molar-refractivity contribution in [3.63, 3.8) is 0 Å². The van der Waals surface area contributed by atoms with Gasteiger partial charge >= 0.3 is 6.03 Å². The maximum Gasteiger partial charge on any atom is 0.317 e. The van der Waals surface area contributed by atoms with Crippen LogP contribution in [0.5, 0.6) is 0 Å². The van der Waals surface area contributed by atoms with Crippen molar-refractivity contribution in [2.45, 2.75) is 13.0 Å². The number of halogens is 1. The topological polar surface area (TPSA) is 41.6 Å². The minimum atomic E-state index is -0.0450. The molecule has 76 valence electrons. The molecular weight excluding hydrogens is 192 g/mol. The van der Waals surface area contributed by atoms with E-state index in [2.05, 4.69) is 5.32 Å². The zero-order valence-electron chi connectivity index (χ0n) is 7.75. The second-order valence-electron chi connectivity index (χ2n) is 3.04. The van der Waals surface area contributed by atoms with Gasteiger partial charge in [-0.2, -0.15) is 0 Å². The van der Waals surface area contributed by atoms with E-state index >= 15 is 0 Å². The maximum atomic E-state index is 11.5. The molecule has 5 heteroatoms. The summed E-state index contributed by atoms with van der Waals surface area (Å²) >= 11 is 5.46. The molecule has 1 heterocycles. The minimum Gasteiger partial charge on any atom is -0.377 e. The third-order valence-corrected chi connectivity index (χ3v) is 2.19. The number of nitrogens with zero attached hydrogens (tertiary/aromatic N) is 1. The molecule has 2 amide bonds. The molecular formula is C8H15ClN2O2. The number of amides is 2. The monoisotopic (exact) mass is 206 g/mol. The van der Waals surface area contributed by atoms with Gasteiger partial charge in [0.15, 0.2) is 0 Å². The van der Waals surface area contributed by atoms with E-state index in [-0.39, 0.29) is 12.1 Å². The average Bonchev–Trinajstić information content (AvgIpc) is 2.15. The predicted octanol–water partition coefficient (Wildman–Crippen LogP) is 0.655. The van der Waals surface area contributed by atoms with Gasteiger partial charge in [0, 0.05) is 19.0 Å². The largest absolute Gasteiger partial charge is 0.377 e. The summed E-state index contributed by atoms with van der Waals surface area (Å²) < 4.78 is 5.22. The third-order valence-electron chi connectivity index (χ3n) is 2.00. The van der Waals surface area contributed by atoms with Crippen LogP contribution in [0.4, 0.5) is 4.79 Å². The first-order valence-corrected chi connectivity index (χ1v) is 4.97. The van der Waals surface area contributed by atoms with Crippen LogP contribution in [0.3, 0.4) is 0 Å². The van der Waals surface area contributed by atoms with Crippen molar-refractivity contribution < 1.29 is 9.53 Å². The van der Waals surface area contributed by atoms with Gasteiger partial charge in [0.25, 0.3) is 0 Å². The Morgan fingerprint density at radius 3 is 3.15 bits per heavy atom. The summed E-state index contributed by atoms with van der Waals surface area (Å²) in [5.41, 5.74) is 0. The van der Waals surface area contributed by atoms with E-state index in [1.54, 1.807) is 4.90 Å². The number of hydrogen-bond acceptors (Lipinski definition) is 2. The third kappa shape index (κ3) is 3.04. The highest BCUT2D eigenvalue weighted by atomic mass is 35.5. The summed E-state index contributed by atoms with van der Waals surface area (Å²) in [4.78, 5) is 13.2. The smallest absolute Gasteiger partial charge is 0.317 e. The van der Waals surface area contributed by atoms with Crippen LogP contribution in [-0.4, -0.2) is 49.2 Å². The van der Waals surface area contributed by atoms with Gasteiger partial charge < -0.3 is 15.0 Å². The van der Waals surface area contributed by atoms with Crippen molar-refractivity contribution in [2.75, 3.05) is 32.2 Å². The molecule has 1 fully saturated rings. The number of carbonyl (C=O) groups is 1. The van der Waals surface area contributed by atoms with E-state index in [0.717, 1.165) is 0 Å². The van der Waals surface area contributed by atoms with Crippen molar-refractivity contribution in [3.05, 3.63) is 0 Å². The van der Waals surface area contributed by atoms with E-state index < -0.39 is 0 Å². The lowest BCUT2D eigenvalue weighted by Gasteiger charge is -2.33. The van der Waals surface area contributed by atoms with Crippen LogP contribution in [0.25, 0.3) is 0 Å². The number of ether oxygens (including phenoxy) is 1. The highest BCUT2D eigenvalue weighted by molar-refractivity contribution is 6.18. The Labute approximate surface area is 83.2 Å². The second kappa shape index (κ2) is 5.29. The predicted molar refractivity (Wildman–Crippen MR) is 51.1 cm³/mol. The van der Waals surface area contributed by atoms with Crippen molar-refractivity contribution >= 4 is 17.6 Å². The van der Waals surface area contributed by atoms with E-state index in [4.69, 9.17) is 16.3 Å². The van der Waals surface area contributed by atoms with Crippen LogP contribution in [0.1, 0.15) is 6.92 Å². The summed E-state index contributed by atoms with van der Waals surface area (Å²) in [5, 5.41) is 2.73. The van der Waals surface area contributed by atoms with E-state index in [1.165, 1.54) is 0 Å². The lowest BCUT2D eigenvalue weighted by atomic mass is 10.3. The maximum absolute atomic E-state index is 11.5. The Hall–Kier alpha value is -0.480. The molecule has 1 saturated heterocycles. The van der Waals surface area contributed by atoms with Gasteiger partial charge in [-0.05, 0) is 6.92 Å². The summed E-state index contributed by atoms with van der Waals surface area (Å²) in [6, 6.07) is 0.112. The van der Waals surface area contributed by atoms with Crippen LogP contribution >= 0.6 is 11.6 Å². The molecule has 4 nitrogen and oxygen atoms in total. The highest BCUT2D eigenvalue weighted by Gasteiger charge is 2.22. The van der Waals surface area contributed by atoms with Crippen molar-refractivity contribution in [3.8, 4) is 0 Å². The molecule has 1 aliphatic heterocycles. The SMILES string of the molecule is CC1COCCN1C(=O)NCCCl. The van der Waals surface area contributed by atoms with Gasteiger partial charge in [0.05, 0.1) is 19.3 Å². The van der Waals surface area contributed by atoms with Crippen LogP contribution < -0.4 is 5.32 Å². The molecule has 0 aromatic carbocycles. The number of urea groups is 1. The molecule has 13 heavy (non-hydrogen) atoms. The summed E-state index contributed by atoms with van der Waals surface area (Å²) in [7, 11) is 0. The molecule has 0 radical (unpaired) electrons. The first kappa shape index (κ1) is 10.6. The molecule has 0 saturated carbocycles. The zero-order valence-corrected chi connectivity index (χ0v) is 8.51. The Morgan fingerprint density at radius 2 is 2.54 bits per heavy atom. The van der Waals surface area contributed by atoms with E-state index in [0.29, 0.717) is 32.2 Å². The van der Waals surface area contributed by atoms with E-state index in [1.807, 2.05) is 6.92 Å². The molecule has 0 aliphatic carbocycles. The number of nitrogens with one attached hydrogen (secondary N) is 1. The van der Waals surface area contributed by atoms with Crippen LogP contribution in [-0.2, 0) is 4.74 Å². The first-order chi connectivity index (χ1) is 6.25. The molecule has 1 rings (SSSR count). The Bertz CT molecular complexity index is 178. The molecule has 0 spiro atoms. The molecule has 0 aromatic rings. The summed E-state index contributed by atoms with van der Waals surface area (Å²) in [5.74, 6) is 0.449. The highest BCUT2D eigenvalue weighted by Crippen LogP contribution is 2.05. The molecule has 1 atom stereocenters. The fourth-order valence-corrected chi connectivity index (χ4v) is 1.38. The van der Waals surface area contributed by atoms with Gasteiger partial charge in [-0.15, -0.1) is 11.6 Å². The van der Waals surface area contributed by atoms with Crippen molar-refractivity contribution in [1.82, 2.24) is 10.2 Å². The van der Waals surface area contributed by atoms with Crippen LogP contribution in [0.15, 0.2) is 0 Å². The quantitative estimate of drug-likeness (QED) is 0.675. The Kier molecular flexibility index (Phi) is 4.32. The molecule has 0 bridgehead atoms. The van der Waals surface area contributed by atoms with Gasteiger partial charge in [-0.1, -0.05) is 0 Å². The normalized spacial score (nSPS) is 22.9. The fourth-order valence-electron chi connectivity index (χ4n) is 1.28. The summed E-state index contributed by atoms with van der Waals surface area (Å²) in [6.07, 6.45) is 0. The Morgan fingerprint density at radius 1 is 1.77 bits per heavy atom.